The summed E-state index contributed by atoms with van der Waals surface area (Å²) in [6, 6.07) is 5.74. The predicted octanol–water partition coefficient (Wildman–Crippen LogP) is 4.72. The summed E-state index contributed by atoms with van der Waals surface area (Å²) in [5, 5.41) is 2.77. The molecule has 0 spiro atoms. The molecule has 0 aromatic heterocycles. The molecular weight excluding hydrogens is 473 g/mol. The number of benzene rings is 2. The number of Topliss-reactive ketones (excluding diaryl/α,β-unsaturated/α-hetero) is 1. The molecule has 0 bridgehead atoms. The van der Waals surface area contributed by atoms with E-state index in [4.69, 9.17) is 4.74 Å². The molecule has 2 saturated carbocycles. The Bertz CT molecular complexity index is 1260. The van der Waals surface area contributed by atoms with E-state index in [2.05, 4.69) is 5.32 Å². The molecule has 1 N–H and O–H groups in total. The van der Waals surface area contributed by atoms with Gasteiger partial charge in [0.25, 0.3) is 0 Å². The van der Waals surface area contributed by atoms with Gasteiger partial charge in [-0.05, 0) is 25.8 Å². The first-order valence-corrected chi connectivity index (χ1v) is 11.3. The second kappa shape index (κ2) is 7.86. The van der Waals surface area contributed by atoms with Gasteiger partial charge in [-0.1, -0.05) is 37.5 Å². The highest BCUT2D eigenvalue weighted by Gasteiger charge is 2.88. The highest BCUT2D eigenvalue weighted by atomic mass is 19.2. The summed E-state index contributed by atoms with van der Waals surface area (Å²) in [5.74, 6) is -16.3. The number of para-hydroxylation sites is 1. The maximum Gasteiger partial charge on any atom is 0.328 e. The van der Waals surface area contributed by atoms with Gasteiger partial charge in [-0.3, -0.25) is 14.4 Å². The van der Waals surface area contributed by atoms with Crippen LogP contribution in [0.3, 0.4) is 0 Å². The van der Waals surface area contributed by atoms with E-state index < -0.39 is 69.1 Å². The van der Waals surface area contributed by atoms with Gasteiger partial charge in [0.15, 0.2) is 34.5 Å². The first-order chi connectivity index (χ1) is 16.6. The Morgan fingerprint density at radius 1 is 0.914 bits per heavy atom. The molecule has 1 aliphatic heterocycles. The molecule has 10 heteroatoms. The summed E-state index contributed by atoms with van der Waals surface area (Å²) in [4.78, 5) is 40.5. The van der Waals surface area contributed by atoms with Crippen molar-refractivity contribution in [1.82, 2.24) is 5.32 Å². The maximum atomic E-state index is 14.6. The molecule has 0 saturated heterocycles. The minimum absolute atomic E-state index is 0.0533. The van der Waals surface area contributed by atoms with Crippen molar-refractivity contribution < 1.29 is 41.1 Å². The van der Waals surface area contributed by atoms with E-state index in [0.29, 0.717) is 12.8 Å². The summed E-state index contributed by atoms with van der Waals surface area (Å²) in [5.41, 5.74) is -5.82. The topological polar surface area (TPSA) is 72.5 Å². The Kier molecular flexibility index (Phi) is 5.26. The summed E-state index contributed by atoms with van der Waals surface area (Å²) >= 11 is 0. The third-order valence-corrected chi connectivity index (χ3v) is 7.71. The van der Waals surface area contributed by atoms with Crippen LogP contribution in [0.25, 0.3) is 0 Å². The van der Waals surface area contributed by atoms with Crippen LogP contribution in [-0.4, -0.2) is 23.7 Å². The number of fused-ring (bicyclic) bond motifs is 3. The van der Waals surface area contributed by atoms with E-state index in [1.807, 2.05) is 0 Å². The van der Waals surface area contributed by atoms with E-state index in [0.717, 1.165) is 26.2 Å². The standard InChI is InChI=1S/C25H20F5NO4/c1-24(21(32)14-15(26)17(28)19(30)18(29)16(14)27)20-12-9-5-6-10-13(12)35-23(34)25(20,24)22(33)31-11-7-3-2-4-8-11/h5-6,9-11,20H,2-4,7-8H2,1H3,(H,31,33)/t20-,24+,25-/m0/s1. The van der Waals surface area contributed by atoms with Crippen LogP contribution in [0.4, 0.5) is 22.0 Å². The van der Waals surface area contributed by atoms with Crippen molar-refractivity contribution in [3.8, 4) is 5.75 Å². The molecule has 2 aromatic carbocycles. The molecule has 3 aliphatic rings. The van der Waals surface area contributed by atoms with Crippen molar-refractivity contribution in [1.29, 1.82) is 0 Å². The van der Waals surface area contributed by atoms with Gasteiger partial charge in [-0.25, -0.2) is 22.0 Å². The quantitative estimate of drug-likeness (QED) is 0.127. The highest BCUT2D eigenvalue weighted by Crippen LogP contribution is 2.78. The molecule has 5 rings (SSSR count). The van der Waals surface area contributed by atoms with E-state index in [1.165, 1.54) is 12.1 Å². The second-order valence-corrected chi connectivity index (χ2v) is 9.45. The average Bonchev–Trinajstić information content (AvgIpc) is 3.45. The smallest absolute Gasteiger partial charge is 0.328 e. The van der Waals surface area contributed by atoms with Crippen molar-refractivity contribution in [2.24, 2.45) is 10.8 Å². The number of halogens is 5. The molecule has 3 atom stereocenters. The van der Waals surface area contributed by atoms with Crippen molar-refractivity contribution in [3.05, 3.63) is 64.5 Å². The number of esters is 1. The second-order valence-electron chi connectivity index (χ2n) is 9.45. The first kappa shape index (κ1) is 23.4. The highest BCUT2D eigenvalue weighted by molar-refractivity contribution is 6.21. The Labute approximate surface area is 196 Å². The minimum Gasteiger partial charge on any atom is -0.425 e. The number of hydrogen-bond donors (Lipinski definition) is 1. The molecule has 2 aromatic rings. The van der Waals surface area contributed by atoms with Crippen molar-refractivity contribution >= 4 is 17.7 Å². The van der Waals surface area contributed by atoms with Crippen LogP contribution >= 0.6 is 0 Å². The van der Waals surface area contributed by atoms with Gasteiger partial charge in [-0.2, -0.15) is 0 Å². The van der Waals surface area contributed by atoms with Crippen LogP contribution in [0.5, 0.6) is 5.75 Å². The van der Waals surface area contributed by atoms with Gasteiger partial charge < -0.3 is 10.1 Å². The number of ketones is 1. The fourth-order valence-corrected chi connectivity index (χ4v) is 5.87. The zero-order valence-electron chi connectivity index (χ0n) is 18.5. The Morgan fingerprint density at radius 2 is 1.49 bits per heavy atom. The first-order valence-electron chi connectivity index (χ1n) is 11.3. The Hall–Kier alpha value is -3.30. The monoisotopic (exact) mass is 493 g/mol. The number of rotatable bonds is 4. The van der Waals surface area contributed by atoms with Crippen LogP contribution in [0.15, 0.2) is 24.3 Å². The third-order valence-electron chi connectivity index (χ3n) is 7.71. The van der Waals surface area contributed by atoms with E-state index in [9.17, 15) is 36.3 Å². The molecule has 5 nitrogen and oxygen atoms in total. The summed E-state index contributed by atoms with van der Waals surface area (Å²) in [7, 11) is 0. The molecule has 35 heavy (non-hydrogen) atoms. The number of ether oxygens (including phenoxy) is 1. The van der Waals surface area contributed by atoms with Crippen LogP contribution in [0, 0.1) is 39.9 Å². The lowest BCUT2D eigenvalue weighted by Crippen LogP contribution is -2.49. The maximum absolute atomic E-state index is 14.6. The van der Waals surface area contributed by atoms with Crippen molar-refractivity contribution in [3.63, 3.8) is 0 Å². The largest absolute Gasteiger partial charge is 0.425 e. The molecule has 2 aliphatic carbocycles. The molecular formula is C25H20F5NO4. The Balaban J connectivity index is 1.66. The molecule has 1 heterocycles. The number of nitrogens with one attached hydrogen (secondary N) is 1. The zero-order chi connectivity index (χ0) is 25.3. The van der Waals surface area contributed by atoms with Gasteiger partial charge >= 0.3 is 5.97 Å². The van der Waals surface area contributed by atoms with E-state index >= 15 is 0 Å². The number of amides is 1. The fourth-order valence-electron chi connectivity index (χ4n) is 5.87. The van der Waals surface area contributed by atoms with E-state index in [1.54, 1.807) is 12.1 Å². The van der Waals surface area contributed by atoms with Gasteiger partial charge in [0.05, 0.1) is 11.0 Å². The van der Waals surface area contributed by atoms with Crippen LogP contribution in [-0.2, 0) is 9.59 Å². The lowest BCUT2D eigenvalue weighted by atomic mass is 9.85. The molecule has 1 amide bonds. The lowest BCUT2D eigenvalue weighted by molar-refractivity contribution is -0.149. The fraction of sp³-hybridized carbons (Fsp3) is 0.400. The normalized spacial score (nSPS) is 27.5. The van der Waals surface area contributed by atoms with Crippen LogP contribution in [0.1, 0.15) is 60.9 Å². The van der Waals surface area contributed by atoms with Crippen LogP contribution < -0.4 is 10.1 Å². The van der Waals surface area contributed by atoms with Gasteiger partial charge in [0.2, 0.25) is 11.7 Å². The average molecular weight is 493 g/mol. The van der Waals surface area contributed by atoms with Gasteiger partial charge in [0.1, 0.15) is 5.75 Å². The number of carbonyl (C=O) groups excluding carboxylic acids is 3. The lowest BCUT2D eigenvalue weighted by Gasteiger charge is -2.28. The minimum atomic E-state index is -2.41. The van der Waals surface area contributed by atoms with Gasteiger partial charge in [0, 0.05) is 17.5 Å². The zero-order valence-corrected chi connectivity index (χ0v) is 18.5. The molecule has 184 valence electrons. The van der Waals surface area contributed by atoms with Crippen molar-refractivity contribution in [2.75, 3.05) is 0 Å². The summed E-state index contributed by atoms with van der Waals surface area (Å²) in [6.45, 7) is 1.13. The number of carbonyl (C=O) groups is 3. The van der Waals surface area contributed by atoms with Crippen molar-refractivity contribution in [2.45, 2.75) is 51.0 Å². The Morgan fingerprint density at radius 3 is 2.11 bits per heavy atom. The molecule has 2 fully saturated rings. The molecule has 0 unspecified atom stereocenters. The third kappa shape index (κ3) is 2.94. The van der Waals surface area contributed by atoms with Crippen LogP contribution in [0.2, 0.25) is 0 Å². The summed E-state index contributed by atoms with van der Waals surface area (Å²) < 4.78 is 76.1. The SMILES string of the molecule is C[C@]1(C(=O)c2c(F)c(F)c(F)c(F)c2F)[C@@H]2c3ccccc3OC(=O)[C@@]21C(=O)NC1CCCCC1. The van der Waals surface area contributed by atoms with Gasteiger partial charge in [-0.15, -0.1) is 0 Å². The summed E-state index contributed by atoms with van der Waals surface area (Å²) in [6.07, 6.45) is 3.94. The van der Waals surface area contributed by atoms with E-state index in [-0.39, 0.29) is 17.4 Å². The predicted molar refractivity (Wildman–Crippen MR) is 111 cm³/mol. The number of hydrogen-bond acceptors (Lipinski definition) is 4. The molecule has 0 radical (unpaired) electrons.